The molecule has 0 spiro atoms. The van der Waals surface area contributed by atoms with Crippen molar-refractivity contribution in [3.05, 3.63) is 5.01 Å². The highest BCUT2D eigenvalue weighted by Crippen LogP contribution is 2.31. The number of nitrogens with one attached hydrogen (secondary N) is 1. The number of carboxylic acids is 1. The minimum absolute atomic E-state index is 0.0211. The number of aliphatic carboxylic acids is 1. The molecule has 1 unspecified atom stereocenters. The van der Waals surface area contributed by atoms with Crippen molar-refractivity contribution in [1.82, 2.24) is 10.2 Å². The van der Waals surface area contributed by atoms with Crippen LogP contribution in [-0.4, -0.2) is 33.8 Å². The molecular formula is C10H13N3O4S. The number of aromatic nitrogens is 2. The average molecular weight is 271 g/mol. The van der Waals surface area contributed by atoms with Gasteiger partial charge in [0, 0.05) is 13.0 Å². The number of nitrogens with zero attached hydrogens (tertiary/aromatic N) is 2. The lowest BCUT2D eigenvalue weighted by Crippen LogP contribution is -2.12. The normalized spacial score (nSPS) is 18.8. The van der Waals surface area contributed by atoms with Gasteiger partial charge in [-0.25, -0.2) is 0 Å². The molecule has 1 aliphatic heterocycles. The van der Waals surface area contributed by atoms with Gasteiger partial charge in [-0.2, -0.15) is 0 Å². The third-order valence-electron chi connectivity index (χ3n) is 2.46. The summed E-state index contributed by atoms with van der Waals surface area (Å²) < 4.78 is 5.45. The number of carboxylic acid groups (broad SMARTS) is 1. The molecule has 98 valence electrons. The predicted molar refractivity (Wildman–Crippen MR) is 63.3 cm³/mol. The van der Waals surface area contributed by atoms with Gasteiger partial charge in [0.05, 0.1) is 6.42 Å². The van der Waals surface area contributed by atoms with Crippen LogP contribution in [0.4, 0.5) is 5.13 Å². The van der Waals surface area contributed by atoms with E-state index in [2.05, 4.69) is 15.5 Å². The van der Waals surface area contributed by atoms with Crippen LogP contribution in [0.2, 0.25) is 0 Å². The van der Waals surface area contributed by atoms with Crippen molar-refractivity contribution >= 4 is 28.3 Å². The largest absolute Gasteiger partial charge is 0.481 e. The summed E-state index contributed by atoms with van der Waals surface area (Å²) in [5, 5.41) is 19.9. The van der Waals surface area contributed by atoms with Crippen LogP contribution in [0.3, 0.4) is 0 Å². The van der Waals surface area contributed by atoms with Crippen LogP contribution in [0, 0.1) is 0 Å². The lowest BCUT2D eigenvalue weighted by Gasteiger charge is -2.02. The van der Waals surface area contributed by atoms with E-state index in [-0.39, 0.29) is 24.9 Å². The number of carbonyl (C=O) groups is 2. The second-order valence-electron chi connectivity index (χ2n) is 3.89. The van der Waals surface area contributed by atoms with Gasteiger partial charge in [0.15, 0.2) is 0 Å². The molecule has 1 aromatic rings. The Morgan fingerprint density at radius 2 is 2.28 bits per heavy atom. The van der Waals surface area contributed by atoms with Gasteiger partial charge in [0.25, 0.3) is 0 Å². The van der Waals surface area contributed by atoms with E-state index in [4.69, 9.17) is 9.84 Å². The molecule has 0 saturated carbocycles. The fourth-order valence-corrected chi connectivity index (χ4v) is 2.43. The molecule has 1 fully saturated rings. The minimum atomic E-state index is -0.998. The van der Waals surface area contributed by atoms with E-state index < -0.39 is 5.97 Å². The monoisotopic (exact) mass is 271 g/mol. The molecule has 0 radical (unpaired) electrons. The summed E-state index contributed by atoms with van der Waals surface area (Å²) in [4.78, 5) is 21.7. The second-order valence-corrected chi connectivity index (χ2v) is 4.90. The molecule has 1 amide bonds. The highest BCUT2D eigenvalue weighted by molar-refractivity contribution is 7.15. The first-order chi connectivity index (χ1) is 8.65. The minimum Gasteiger partial charge on any atom is -0.481 e. The third kappa shape index (κ3) is 3.47. The Labute approximate surface area is 107 Å². The first-order valence-electron chi connectivity index (χ1n) is 5.62. The molecule has 2 heterocycles. The molecule has 8 heteroatoms. The van der Waals surface area contributed by atoms with E-state index in [9.17, 15) is 9.59 Å². The summed E-state index contributed by atoms with van der Waals surface area (Å²) in [6.45, 7) is 0.727. The quantitative estimate of drug-likeness (QED) is 0.834. The molecule has 7 nitrogen and oxygen atoms in total. The number of hydrogen-bond donors (Lipinski definition) is 2. The molecular weight excluding hydrogens is 258 g/mol. The first-order valence-corrected chi connectivity index (χ1v) is 6.43. The van der Waals surface area contributed by atoms with Gasteiger partial charge in [-0.15, -0.1) is 10.2 Å². The van der Waals surface area contributed by atoms with Crippen molar-refractivity contribution in [3.8, 4) is 0 Å². The number of ether oxygens (including phenoxy) is 1. The van der Waals surface area contributed by atoms with Crippen LogP contribution < -0.4 is 5.32 Å². The number of anilines is 1. The molecule has 1 aliphatic rings. The van der Waals surface area contributed by atoms with Crippen LogP contribution in [-0.2, 0) is 14.3 Å². The maximum absolute atomic E-state index is 11.4. The van der Waals surface area contributed by atoms with Crippen LogP contribution in [0.1, 0.15) is 36.8 Å². The highest BCUT2D eigenvalue weighted by Gasteiger charge is 2.22. The van der Waals surface area contributed by atoms with Gasteiger partial charge in [-0.1, -0.05) is 11.3 Å². The van der Waals surface area contributed by atoms with Gasteiger partial charge < -0.3 is 15.2 Å². The Morgan fingerprint density at radius 3 is 2.94 bits per heavy atom. The van der Waals surface area contributed by atoms with Gasteiger partial charge in [0.2, 0.25) is 11.0 Å². The van der Waals surface area contributed by atoms with E-state index in [1.807, 2.05) is 0 Å². The van der Waals surface area contributed by atoms with Crippen LogP contribution in [0.15, 0.2) is 0 Å². The number of amides is 1. The summed E-state index contributed by atoms with van der Waals surface area (Å²) in [7, 11) is 0. The van der Waals surface area contributed by atoms with Gasteiger partial charge >= 0.3 is 5.97 Å². The van der Waals surface area contributed by atoms with Crippen LogP contribution in [0.25, 0.3) is 0 Å². The average Bonchev–Trinajstić information content (AvgIpc) is 2.95. The van der Waals surface area contributed by atoms with E-state index in [0.717, 1.165) is 24.5 Å². The molecule has 18 heavy (non-hydrogen) atoms. The number of carbonyl (C=O) groups excluding carboxylic acids is 1. The summed E-state index contributed by atoms with van der Waals surface area (Å²) in [5.41, 5.74) is 0. The van der Waals surface area contributed by atoms with Gasteiger partial charge in [0.1, 0.15) is 11.1 Å². The first kappa shape index (κ1) is 12.9. The Morgan fingerprint density at radius 1 is 1.44 bits per heavy atom. The molecule has 1 aromatic heterocycles. The summed E-state index contributed by atoms with van der Waals surface area (Å²) in [6, 6.07) is 0. The van der Waals surface area contributed by atoms with Crippen LogP contribution in [0.5, 0.6) is 0 Å². The lowest BCUT2D eigenvalue weighted by molar-refractivity contribution is -0.138. The smallest absolute Gasteiger partial charge is 0.303 e. The van der Waals surface area contributed by atoms with Gasteiger partial charge in [-0.3, -0.25) is 9.59 Å². The zero-order chi connectivity index (χ0) is 13.0. The van der Waals surface area contributed by atoms with Gasteiger partial charge in [-0.05, 0) is 12.8 Å². The van der Waals surface area contributed by atoms with Crippen molar-refractivity contribution in [1.29, 1.82) is 0 Å². The summed E-state index contributed by atoms with van der Waals surface area (Å²) in [6.07, 6.45) is 1.65. The van der Waals surface area contributed by atoms with E-state index in [1.54, 1.807) is 0 Å². The molecule has 1 saturated heterocycles. The summed E-state index contributed by atoms with van der Waals surface area (Å²) >= 11 is 1.27. The molecule has 0 aliphatic carbocycles. The number of hydrogen-bond acceptors (Lipinski definition) is 6. The highest BCUT2D eigenvalue weighted by atomic mass is 32.1. The second kappa shape index (κ2) is 5.87. The van der Waals surface area contributed by atoms with Crippen LogP contribution >= 0.6 is 11.3 Å². The van der Waals surface area contributed by atoms with E-state index in [0.29, 0.717) is 5.13 Å². The standard InChI is InChI=1S/C10H13N3O4S/c14-7(3-4-8(15)16)11-10-13-12-9(18-10)6-2-1-5-17-6/h6H,1-5H2,(H,15,16)(H,11,13,14). The van der Waals surface area contributed by atoms with Crippen molar-refractivity contribution in [2.75, 3.05) is 11.9 Å². The molecule has 0 bridgehead atoms. The van der Waals surface area contributed by atoms with Crippen molar-refractivity contribution in [3.63, 3.8) is 0 Å². The Bertz CT molecular complexity index is 442. The maximum atomic E-state index is 11.4. The van der Waals surface area contributed by atoms with E-state index in [1.165, 1.54) is 11.3 Å². The molecule has 1 atom stereocenters. The molecule has 2 rings (SSSR count). The summed E-state index contributed by atoms with van der Waals surface area (Å²) in [5.74, 6) is -1.37. The van der Waals surface area contributed by atoms with Crippen molar-refractivity contribution in [2.45, 2.75) is 31.8 Å². The maximum Gasteiger partial charge on any atom is 0.303 e. The van der Waals surface area contributed by atoms with Crippen molar-refractivity contribution < 1.29 is 19.4 Å². The van der Waals surface area contributed by atoms with E-state index >= 15 is 0 Å². The molecule has 2 N–H and O–H groups in total. The zero-order valence-electron chi connectivity index (χ0n) is 9.59. The topological polar surface area (TPSA) is 101 Å². The van der Waals surface area contributed by atoms with Crippen molar-refractivity contribution in [2.24, 2.45) is 0 Å². The Kier molecular flexibility index (Phi) is 4.21. The fourth-order valence-electron chi connectivity index (χ4n) is 1.59. The number of rotatable bonds is 5. The zero-order valence-corrected chi connectivity index (χ0v) is 10.4. The Balaban J connectivity index is 1.86. The Hall–Kier alpha value is -1.54. The fraction of sp³-hybridized carbons (Fsp3) is 0.600. The molecule has 0 aromatic carbocycles. The SMILES string of the molecule is O=C(O)CCC(=O)Nc1nnc(C2CCCO2)s1. The lowest BCUT2D eigenvalue weighted by atomic mass is 10.2. The third-order valence-corrected chi connectivity index (χ3v) is 3.39. The predicted octanol–water partition coefficient (Wildman–Crippen LogP) is 1.19.